The molecule has 0 heterocycles. The average Bonchev–Trinajstić information content (AvgIpc) is 2.73. The molecule has 1 aromatic rings. The fourth-order valence-electron chi connectivity index (χ4n) is 3.37. The third kappa shape index (κ3) is 12.8. The average molecular weight is 434 g/mol. The van der Waals surface area contributed by atoms with E-state index in [1.54, 1.807) is 0 Å². The lowest BCUT2D eigenvalue weighted by atomic mass is 10.0. The summed E-state index contributed by atoms with van der Waals surface area (Å²) in [6.45, 7) is 2.21. The quantitative estimate of drug-likeness (QED) is 0.0898. The molecular weight excluding hydrogens is 394 g/mol. The number of benzene rings is 1. The first-order valence-corrected chi connectivity index (χ1v) is 11.6. The van der Waals surface area contributed by atoms with Crippen molar-refractivity contribution in [3.8, 4) is 0 Å². The van der Waals surface area contributed by atoms with Gasteiger partial charge in [-0.2, -0.15) is 0 Å². The van der Waals surface area contributed by atoms with E-state index in [1.165, 1.54) is 37.5 Å². The van der Waals surface area contributed by atoms with E-state index in [4.69, 9.17) is 5.73 Å². The van der Waals surface area contributed by atoms with Crippen molar-refractivity contribution in [2.24, 2.45) is 0 Å². The van der Waals surface area contributed by atoms with Gasteiger partial charge in [0.15, 0.2) is 0 Å². The number of rotatable bonds is 17. The van der Waals surface area contributed by atoms with E-state index >= 15 is 0 Å². The van der Waals surface area contributed by atoms with Crippen LogP contribution < -0.4 is 11.1 Å². The van der Waals surface area contributed by atoms with Crippen molar-refractivity contribution in [1.29, 1.82) is 0 Å². The van der Waals surface area contributed by atoms with Crippen LogP contribution in [0.5, 0.6) is 0 Å². The van der Waals surface area contributed by atoms with Gasteiger partial charge in [-0.15, -0.1) is 0 Å². The number of hydrogen-bond donors (Lipinski definition) is 3. The first-order chi connectivity index (χ1) is 14.9. The number of unbranched alkanes of at least 4 members (excludes halogenated alkanes) is 7. The highest BCUT2D eigenvalue weighted by Crippen LogP contribution is 2.24. The maximum Gasteiger partial charge on any atom is 0.271 e. The lowest BCUT2D eigenvalue weighted by molar-refractivity contribution is -0.384. The standard InChI is InChI=1S/C24H39N3O4/c1-2-3-4-5-6-8-11-14-21(28)15-12-9-7-10-13-16-24(29)26-23-18-17-20(27(30)31)19-22(23)25/h6,8,17-19,21,28H,2-5,7,9-16,25H2,1H3,(H,26,29)/b8-6-/t21-/m0/s1. The van der Waals surface area contributed by atoms with Crippen LogP contribution in [0.25, 0.3) is 0 Å². The molecule has 0 fully saturated rings. The molecular formula is C24H39N3O4. The minimum atomic E-state index is -0.520. The van der Waals surface area contributed by atoms with Crippen LogP contribution in [0, 0.1) is 10.1 Å². The van der Waals surface area contributed by atoms with Crippen molar-refractivity contribution in [3.05, 3.63) is 40.5 Å². The maximum atomic E-state index is 12.0. The third-order valence-corrected chi connectivity index (χ3v) is 5.27. The second-order valence-corrected chi connectivity index (χ2v) is 8.08. The Labute approximate surface area is 186 Å². The predicted octanol–water partition coefficient (Wildman–Crippen LogP) is 6.12. The number of carbonyl (C=O) groups is 1. The molecule has 31 heavy (non-hydrogen) atoms. The Morgan fingerprint density at radius 1 is 1.10 bits per heavy atom. The van der Waals surface area contributed by atoms with E-state index < -0.39 is 4.92 Å². The molecule has 0 radical (unpaired) electrons. The number of nitrogens with two attached hydrogens (primary N) is 1. The largest absolute Gasteiger partial charge is 0.397 e. The molecule has 174 valence electrons. The van der Waals surface area contributed by atoms with E-state index in [9.17, 15) is 20.0 Å². The summed E-state index contributed by atoms with van der Waals surface area (Å²) in [6, 6.07) is 4.02. The smallest absolute Gasteiger partial charge is 0.271 e. The zero-order chi connectivity index (χ0) is 22.9. The molecule has 0 aliphatic heterocycles. The van der Waals surface area contributed by atoms with Crippen LogP contribution in [0.2, 0.25) is 0 Å². The van der Waals surface area contributed by atoms with Crippen molar-refractivity contribution in [2.75, 3.05) is 11.1 Å². The molecule has 0 saturated carbocycles. The highest BCUT2D eigenvalue weighted by molar-refractivity contribution is 5.94. The summed E-state index contributed by atoms with van der Waals surface area (Å²) < 4.78 is 0. The van der Waals surface area contributed by atoms with Crippen LogP contribution in [0.15, 0.2) is 30.4 Å². The van der Waals surface area contributed by atoms with Crippen molar-refractivity contribution >= 4 is 23.0 Å². The minimum Gasteiger partial charge on any atom is -0.397 e. The van der Waals surface area contributed by atoms with E-state index in [0.29, 0.717) is 12.1 Å². The zero-order valence-corrected chi connectivity index (χ0v) is 18.9. The molecule has 7 heteroatoms. The summed E-state index contributed by atoms with van der Waals surface area (Å²) in [5.41, 5.74) is 6.25. The maximum absolute atomic E-state index is 12.0. The fraction of sp³-hybridized carbons (Fsp3) is 0.625. The molecule has 0 saturated heterocycles. The molecule has 0 unspecified atom stereocenters. The fourth-order valence-corrected chi connectivity index (χ4v) is 3.37. The van der Waals surface area contributed by atoms with Gasteiger partial charge in [-0.1, -0.05) is 57.6 Å². The number of allylic oxidation sites excluding steroid dienone is 2. The number of aliphatic hydroxyl groups excluding tert-OH is 1. The van der Waals surface area contributed by atoms with E-state index in [1.807, 2.05) is 0 Å². The Kier molecular flexibility index (Phi) is 14.0. The number of nitrogens with zero attached hydrogens (tertiary/aromatic N) is 1. The lowest BCUT2D eigenvalue weighted by Gasteiger charge is -2.09. The lowest BCUT2D eigenvalue weighted by Crippen LogP contribution is -2.12. The van der Waals surface area contributed by atoms with Crippen LogP contribution >= 0.6 is 0 Å². The van der Waals surface area contributed by atoms with E-state index in [2.05, 4.69) is 24.4 Å². The molecule has 7 nitrogen and oxygen atoms in total. The van der Waals surface area contributed by atoms with Crippen LogP contribution in [-0.4, -0.2) is 22.0 Å². The summed E-state index contributed by atoms with van der Waals surface area (Å²) >= 11 is 0. The molecule has 1 amide bonds. The molecule has 1 rings (SSSR count). The highest BCUT2D eigenvalue weighted by Gasteiger charge is 2.10. The summed E-state index contributed by atoms with van der Waals surface area (Å²) in [4.78, 5) is 22.2. The van der Waals surface area contributed by atoms with Crippen LogP contribution in [0.4, 0.5) is 17.1 Å². The zero-order valence-electron chi connectivity index (χ0n) is 18.9. The van der Waals surface area contributed by atoms with Crippen LogP contribution in [0.3, 0.4) is 0 Å². The summed E-state index contributed by atoms with van der Waals surface area (Å²) in [5.74, 6) is -0.140. The SMILES string of the molecule is CCCCC/C=C\CC[C@H](O)CCCCCCCC(=O)Nc1ccc([N+](=O)[O-])cc1N. The van der Waals surface area contributed by atoms with Crippen molar-refractivity contribution < 1.29 is 14.8 Å². The molecule has 0 aromatic heterocycles. The second kappa shape index (κ2) is 16.3. The monoisotopic (exact) mass is 433 g/mol. The van der Waals surface area contributed by atoms with Crippen molar-refractivity contribution in [2.45, 2.75) is 96.5 Å². The molecule has 0 aliphatic carbocycles. The van der Waals surface area contributed by atoms with Gasteiger partial charge in [-0.05, 0) is 44.6 Å². The molecule has 0 spiro atoms. The summed E-state index contributed by atoms with van der Waals surface area (Å²) in [7, 11) is 0. The normalized spacial score (nSPS) is 12.2. The van der Waals surface area contributed by atoms with Gasteiger partial charge in [0.25, 0.3) is 5.69 Å². The number of nitro benzene ring substituents is 1. The van der Waals surface area contributed by atoms with E-state index in [-0.39, 0.29) is 23.4 Å². The molecule has 1 aromatic carbocycles. The summed E-state index contributed by atoms with van der Waals surface area (Å²) in [6.07, 6.45) is 17.0. The van der Waals surface area contributed by atoms with Gasteiger partial charge in [-0.25, -0.2) is 0 Å². The molecule has 0 aliphatic rings. The number of amides is 1. The van der Waals surface area contributed by atoms with Gasteiger partial charge in [0.1, 0.15) is 0 Å². The number of anilines is 2. The third-order valence-electron chi connectivity index (χ3n) is 5.27. The first kappa shape index (κ1) is 26.6. The number of hydrogen-bond acceptors (Lipinski definition) is 5. The number of non-ortho nitro benzene ring substituents is 1. The minimum absolute atomic E-state index is 0.0977. The predicted molar refractivity (Wildman–Crippen MR) is 127 cm³/mol. The van der Waals surface area contributed by atoms with E-state index in [0.717, 1.165) is 57.8 Å². The Hall–Kier alpha value is -2.41. The number of nitrogen functional groups attached to an aromatic ring is 1. The molecule has 1 atom stereocenters. The van der Waals surface area contributed by atoms with Gasteiger partial charge >= 0.3 is 0 Å². The number of nitrogens with one attached hydrogen (secondary N) is 1. The van der Waals surface area contributed by atoms with Crippen molar-refractivity contribution in [3.63, 3.8) is 0 Å². The topological polar surface area (TPSA) is 118 Å². The Balaban J connectivity index is 2.04. The second-order valence-electron chi connectivity index (χ2n) is 8.08. The van der Waals surface area contributed by atoms with Crippen molar-refractivity contribution in [1.82, 2.24) is 0 Å². The van der Waals surface area contributed by atoms with Gasteiger partial charge < -0.3 is 16.2 Å². The Morgan fingerprint density at radius 2 is 1.81 bits per heavy atom. The highest BCUT2D eigenvalue weighted by atomic mass is 16.6. The van der Waals surface area contributed by atoms with Crippen LogP contribution in [-0.2, 0) is 4.79 Å². The first-order valence-electron chi connectivity index (χ1n) is 11.6. The Morgan fingerprint density at radius 3 is 2.52 bits per heavy atom. The number of aliphatic hydroxyl groups is 1. The van der Waals surface area contributed by atoms with Gasteiger partial charge in [0.2, 0.25) is 5.91 Å². The Bertz CT molecular complexity index is 691. The molecule has 4 N–H and O–H groups in total. The number of carbonyl (C=O) groups excluding carboxylic acids is 1. The number of nitro groups is 1. The van der Waals surface area contributed by atoms with Gasteiger partial charge in [-0.3, -0.25) is 14.9 Å². The van der Waals surface area contributed by atoms with Gasteiger partial charge in [0.05, 0.1) is 22.4 Å². The summed E-state index contributed by atoms with van der Waals surface area (Å²) in [5, 5.41) is 23.5. The van der Waals surface area contributed by atoms with Gasteiger partial charge in [0, 0.05) is 18.6 Å². The van der Waals surface area contributed by atoms with Crippen LogP contribution in [0.1, 0.15) is 90.4 Å². The molecule has 0 bridgehead atoms.